The van der Waals surface area contributed by atoms with Gasteiger partial charge >= 0.3 is 0 Å². The molecule has 3 aromatic rings. The van der Waals surface area contributed by atoms with Crippen LogP contribution in [0.2, 0.25) is 5.02 Å². The Labute approximate surface area is 328 Å². The molecule has 1 N–H and O–H groups in total. The molecular formula is C41H52ClN5O7S. The molecule has 9 atom stereocenters. The number of rotatable bonds is 4. The summed E-state index contributed by atoms with van der Waals surface area (Å²) in [4.78, 5) is 30.6. The fourth-order valence-electron chi connectivity index (χ4n) is 9.97. The van der Waals surface area contributed by atoms with Crippen LogP contribution >= 0.6 is 11.6 Å². The summed E-state index contributed by atoms with van der Waals surface area (Å²) >= 11 is 6.49. The highest BCUT2D eigenvalue weighted by Gasteiger charge is 2.47. The van der Waals surface area contributed by atoms with Gasteiger partial charge in [0.2, 0.25) is 5.88 Å². The number of carbonyl (C=O) groups is 2. The molecule has 2 amide bonds. The van der Waals surface area contributed by atoms with Crippen molar-refractivity contribution in [2.45, 2.75) is 81.7 Å². The highest BCUT2D eigenvalue weighted by Crippen LogP contribution is 2.48. The number of fused-ring (bicyclic) bond motifs is 5. The number of nitrogens with one attached hydrogen (secondary N) is 1. The predicted octanol–water partition coefficient (Wildman–Crippen LogP) is 6.38. The van der Waals surface area contributed by atoms with Crippen LogP contribution in [0.25, 0.3) is 0 Å². The lowest BCUT2D eigenvalue weighted by atomic mass is 9.67. The molecule has 14 heteroatoms. The van der Waals surface area contributed by atoms with Crippen molar-refractivity contribution >= 4 is 39.0 Å². The number of aryl methyl sites for hydroxylation is 2. The first-order valence-corrected chi connectivity index (χ1v) is 21.5. The zero-order valence-electron chi connectivity index (χ0n) is 32.3. The Kier molecular flexibility index (Phi) is 10.4. The summed E-state index contributed by atoms with van der Waals surface area (Å²) in [7, 11) is 1.13. The summed E-state index contributed by atoms with van der Waals surface area (Å²) in [6, 6.07) is 11.6. The minimum absolute atomic E-state index is 0.0253. The topological polar surface area (TPSA) is 134 Å². The van der Waals surface area contributed by atoms with Gasteiger partial charge in [0.25, 0.3) is 11.8 Å². The van der Waals surface area contributed by atoms with Crippen molar-refractivity contribution < 1.29 is 32.7 Å². The number of nitrogens with zero attached hydrogens (tertiary/aromatic N) is 4. The van der Waals surface area contributed by atoms with Gasteiger partial charge in [0.15, 0.2) is 0 Å². The van der Waals surface area contributed by atoms with Crippen LogP contribution in [0.1, 0.15) is 84.2 Å². The molecule has 2 aromatic carbocycles. The Balaban J connectivity index is 1.24. The van der Waals surface area contributed by atoms with E-state index in [4.69, 9.17) is 30.5 Å². The maximum Gasteiger partial charge on any atom is 0.286 e. The molecule has 296 valence electrons. The average molecular weight is 794 g/mol. The van der Waals surface area contributed by atoms with E-state index < -0.39 is 27.0 Å². The largest absolute Gasteiger partial charge is 0.490 e. The second-order valence-electron chi connectivity index (χ2n) is 16.4. The molecule has 2 bridgehead atoms. The van der Waals surface area contributed by atoms with E-state index in [1.807, 2.05) is 32.2 Å². The summed E-state index contributed by atoms with van der Waals surface area (Å²) in [5.41, 5.74) is 3.42. The van der Waals surface area contributed by atoms with Gasteiger partial charge in [0.05, 0.1) is 36.9 Å². The molecule has 1 unspecified atom stereocenters. The molecule has 2 aliphatic carbocycles. The van der Waals surface area contributed by atoms with Crippen molar-refractivity contribution in [2.24, 2.45) is 35.1 Å². The standard InChI is InChI=1S/C41H52ClN5O7S/c1-24-25(2)55(50,45-39(49)32-21-46(3)43-40(32)52-5)44-38(48)28-9-13-35-34(18-28)47(20-29-8-11-31(29)36(51-4)19-27-14-16-53-37(24)27)22-41(23-54-35)15-6-7-26-17-30(42)10-12-33(26)41/h9-10,12-13,17-18,21,24-25,27,29,31,36-37H,6-8,11,14-16,19-20,22-23H2,1-5H3,(H,44,45,48,49,50)/t24-,25-,27-,29+,31-,36+,37-,41+,55?/m1/s1. The molecule has 8 rings (SSSR count). The fourth-order valence-corrected chi connectivity index (χ4v) is 12.0. The summed E-state index contributed by atoms with van der Waals surface area (Å²) in [5.74, 6) is -0.0473. The van der Waals surface area contributed by atoms with Crippen LogP contribution in [0.3, 0.4) is 0 Å². The first kappa shape index (κ1) is 38.2. The lowest BCUT2D eigenvalue weighted by molar-refractivity contribution is -0.0412. The fraction of sp³-hybridized carbons (Fsp3) is 0.585. The monoisotopic (exact) mass is 793 g/mol. The van der Waals surface area contributed by atoms with Gasteiger partial charge in [-0.1, -0.05) is 24.6 Å². The number of anilines is 1. The molecule has 2 fully saturated rings. The zero-order chi connectivity index (χ0) is 38.6. The highest BCUT2D eigenvalue weighted by molar-refractivity contribution is 7.93. The summed E-state index contributed by atoms with van der Waals surface area (Å²) in [5, 5.41) is 4.17. The molecular weight excluding hydrogens is 742 g/mol. The Hall–Kier alpha value is -3.65. The van der Waals surface area contributed by atoms with Crippen molar-refractivity contribution in [3.63, 3.8) is 0 Å². The van der Waals surface area contributed by atoms with Crippen LogP contribution in [0.5, 0.6) is 11.6 Å². The van der Waals surface area contributed by atoms with Gasteiger partial charge in [-0.2, -0.15) is 0 Å². The van der Waals surface area contributed by atoms with Crippen LogP contribution in [-0.4, -0.2) is 83.8 Å². The van der Waals surface area contributed by atoms with E-state index >= 15 is 4.21 Å². The van der Waals surface area contributed by atoms with E-state index in [1.165, 1.54) is 29.1 Å². The number of ether oxygens (including phenoxy) is 4. The number of aromatic nitrogens is 2. The lowest BCUT2D eigenvalue weighted by Gasteiger charge is -2.47. The SMILES string of the molecule is COc1nn(C)cc1C(=O)NS1(=O)=NC(=O)c2ccc3c(c2)N(C[C@@H]2CC[C@H]2[C@@H](OC)C[C@H]2CCO[C@@H]2[C@H](C)[C@H]1C)C[C@@]1(CCCc2cc(Cl)ccc21)CO3. The summed E-state index contributed by atoms with van der Waals surface area (Å²) < 4.78 is 48.6. The zero-order valence-corrected chi connectivity index (χ0v) is 33.9. The number of amides is 2. The normalized spacial score (nSPS) is 33.2. The highest BCUT2D eigenvalue weighted by atomic mass is 35.5. The quantitative estimate of drug-likeness (QED) is 0.320. The van der Waals surface area contributed by atoms with Crippen LogP contribution in [0.4, 0.5) is 5.69 Å². The number of hydrogen-bond acceptors (Lipinski definition) is 9. The first-order chi connectivity index (χ1) is 26.4. The molecule has 0 radical (unpaired) electrons. The van der Waals surface area contributed by atoms with Gasteiger partial charge in [-0.25, -0.2) is 4.21 Å². The number of halogens is 1. The van der Waals surface area contributed by atoms with E-state index in [2.05, 4.69) is 31.2 Å². The third kappa shape index (κ3) is 7.03. The van der Waals surface area contributed by atoms with E-state index in [-0.39, 0.29) is 46.5 Å². The minimum atomic E-state index is -3.76. The molecule has 1 saturated carbocycles. The molecule has 1 spiro atoms. The van der Waals surface area contributed by atoms with Crippen LogP contribution < -0.4 is 19.1 Å². The number of methoxy groups -OCH3 is 2. The van der Waals surface area contributed by atoms with Gasteiger partial charge < -0.3 is 23.8 Å². The van der Waals surface area contributed by atoms with Gasteiger partial charge in [0.1, 0.15) is 21.2 Å². The molecule has 1 saturated heterocycles. The molecule has 55 heavy (non-hydrogen) atoms. The van der Waals surface area contributed by atoms with Gasteiger partial charge in [-0.05, 0) is 117 Å². The summed E-state index contributed by atoms with van der Waals surface area (Å²) in [6.07, 6.45) is 8.02. The van der Waals surface area contributed by atoms with E-state index in [9.17, 15) is 9.59 Å². The van der Waals surface area contributed by atoms with Crippen molar-refractivity contribution in [3.05, 3.63) is 69.9 Å². The average Bonchev–Trinajstić information content (AvgIpc) is 3.75. The molecule has 3 aliphatic heterocycles. The predicted molar refractivity (Wildman–Crippen MR) is 210 cm³/mol. The van der Waals surface area contributed by atoms with Crippen molar-refractivity contribution in [3.8, 4) is 11.6 Å². The maximum atomic E-state index is 15.3. The van der Waals surface area contributed by atoms with Crippen LogP contribution in [0.15, 0.2) is 47.0 Å². The van der Waals surface area contributed by atoms with E-state index in [1.54, 1.807) is 20.0 Å². The third-order valence-corrected chi connectivity index (χ3v) is 15.8. The smallest absolute Gasteiger partial charge is 0.286 e. The Morgan fingerprint density at radius 2 is 1.95 bits per heavy atom. The number of hydrogen-bond donors (Lipinski definition) is 1. The molecule has 5 aliphatic rings. The molecule has 12 nitrogen and oxygen atoms in total. The van der Waals surface area contributed by atoms with Crippen LogP contribution in [0, 0.1) is 23.7 Å². The van der Waals surface area contributed by atoms with E-state index in [0.717, 1.165) is 62.2 Å². The second-order valence-corrected chi connectivity index (χ2v) is 19.1. The van der Waals surface area contributed by atoms with Gasteiger partial charge in [-0.15, -0.1) is 9.46 Å². The first-order valence-electron chi connectivity index (χ1n) is 19.6. The molecule has 1 aromatic heterocycles. The van der Waals surface area contributed by atoms with Gasteiger partial charge in [0, 0.05) is 56.1 Å². The number of benzene rings is 2. The third-order valence-electron chi connectivity index (χ3n) is 13.2. The Morgan fingerprint density at radius 1 is 1.11 bits per heavy atom. The van der Waals surface area contributed by atoms with Crippen molar-refractivity contribution in [1.29, 1.82) is 0 Å². The molecule has 4 heterocycles. The van der Waals surface area contributed by atoms with Crippen LogP contribution in [-0.2, 0) is 38.3 Å². The summed E-state index contributed by atoms with van der Waals surface area (Å²) in [6.45, 7) is 6.31. The van der Waals surface area contributed by atoms with E-state index in [0.29, 0.717) is 37.3 Å². The number of carbonyl (C=O) groups excluding carboxylic acids is 2. The van der Waals surface area contributed by atoms with Crippen molar-refractivity contribution in [1.82, 2.24) is 14.5 Å². The Morgan fingerprint density at radius 3 is 2.71 bits per heavy atom. The maximum absolute atomic E-state index is 15.3. The van der Waals surface area contributed by atoms with Gasteiger partial charge in [-0.3, -0.25) is 19.0 Å². The van der Waals surface area contributed by atoms with Crippen molar-refractivity contribution in [2.75, 3.05) is 45.4 Å². The Bertz CT molecular complexity index is 2100. The second kappa shape index (κ2) is 15.0. The minimum Gasteiger partial charge on any atom is -0.490 e. The lowest BCUT2D eigenvalue weighted by Crippen LogP contribution is -2.50.